The summed E-state index contributed by atoms with van der Waals surface area (Å²) in [6.07, 6.45) is 0. The van der Waals surface area contributed by atoms with E-state index in [1.807, 2.05) is 0 Å². The first-order valence-electron chi connectivity index (χ1n) is 4.55. The Bertz CT molecular complexity index is 446. The van der Waals surface area contributed by atoms with Crippen LogP contribution in [0.25, 0.3) is 0 Å². The zero-order chi connectivity index (χ0) is 12.4. The highest BCUT2D eigenvalue weighted by Gasteiger charge is 2.26. The van der Waals surface area contributed by atoms with E-state index in [9.17, 15) is 17.2 Å². The molecule has 0 aromatic heterocycles. The molecule has 0 atom stereocenters. The van der Waals surface area contributed by atoms with Gasteiger partial charge in [-0.2, -0.15) is 8.42 Å². The first-order chi connectivity index (χ1) is 7.21. The Morgan fingerprint density at radius 3 is 2.19 bits per heavy atom. The highest BCUT2D eigenvalue weighted by molar-refractivity contribution is 7.86. The molecule has 0 unspecified atom stereocenters. The minimum atomic E-state index is -4.09. The van der Waals surface area contributed by atoms with E-state index < -0.39 is 22.6 Å². The third-order valence-electron chi connectivity index (χ3n) is 1.78. The summed E-state index contributed by atoms with van der Waals surface area (Å²) in [6, 6.07) is 5.78. The predicted octanol–water partition coefficient (Wildman–Crippen LogP) is 2.36. The number of alkyl halides is 2. The van der Waals surface area contributed by atoms with Crippen LogP contribution < -0.4 is 0 Å². The summed E-state index contributed by atoms with van der Waals surface area (Å²) < 4.78 is 52.0. The van der Waals surface area contributed by atoms with E-state index in [0.717, 1.165) is 5.56 Å². The van der Waals surface area contributed by atoms with E-state index >= 15 is 0 Å². The number of halogens is 2. The number of aryl methyl sites for hydroxylation is 1. The molecule has 1 rings (SSSR count). The normalized spacial score (nSPS) is 12.8. The maximum atomic E-state index is 12.4. The Balaban J connectivity index is 2.83. The van der Waals surface area contributed by atoms with Crippen LogP contribution in [0.4, 0.5) is 8.78 Å². The molecular weight excluding hydrogens is 238 g/mol. The summed E-state index contributed by atoms with van der Waals surface area (Å²) in [5.74, 6) is -3.17. The fourth-order valence-electron chi connectivity index (χ4n) is 0.954. The fraction of sp³-hybridized carbons (Fsp3) is 0.400. The Morgan fingerprint density at radius 2 is 1.75 bits per heavy atom. The molecular formula is C10H12F2O3S. The summed E-state index contributed by atoms with van der Waals surface area (Å²) in [4.78, 5) is -0.123. The smallest absolute Gasteiger partial charge is 0.260 e. The molecule has 0 spiro atoms. The van der Waals surface area contributed by atoms with Crippen LogP contribution in [-0.4, -0.2) is 20.9 Å². The van der Waals surface area contributed by atoms with E-state index in [1.165, 1.54) is 12.1 Å². The summed E-state index contributed by atoms with van der Waals surface area (Å²) in [6.45, 7) is 1.23. The quantitative estimate of drug-likeness (QED) is 0.770. The molecule has 0 saturated heterocycles. The first kappa shape index (κ1) is 13.1. The van der Waals surface area contributed by atoms with Crippen molar-refractivity contribution >= 4 is 10.1 Å². The van der Waals surface area contributed by atoms with E-state index in [1.54, 1.807) is 19.1 Å². The fourth-order valence-corrected chi connectivity index (χ4v) is 1.92. The van der Waals surface area contributed by atoms with Crippen molar-refractivity contribution in [1.82, 2.24) is 0 Å². The van der Waals surface area contributed by atoms with Crippen molar-refractivity contribution < 1.29 is 21.4 Å². The Kier molecular flexibility index (Phi) is 3.64. The second-order valence-corrected chi connectivity index (χ2v) is 5.21. The molecule has 0 aliphatic rings. The minimum absolute atomic E-state index is 0.123. The third kappa shape index (κ3) is 3.86. The lowest BCUT2D eigenvalue weighted by molar-refractivity contribution is -0.0211. The first-order valence-corrected chi connectivity index (χ1v) is 5.95. The Labute approximate surface area is 93.2 Å². The van der Waals surface area contributed by atoms with Crippen LogP contribution >= 0.6 is 0 Å². The second kappa shape index (κ2) is 4.47. The second-order valence-electron chi connectivity index (χ2n) is 3.60. The molecule has 90 valence electrons. The highest BCUT2D eigenvalue weighted by Crippen LogP contribution is 2.18. The van der Waals surface area contributed by atoms with Crippen LogP contribution in [0.5, 0.6) is 0 Å². The molecule has 6 heteroatoms. The zero-order valence-electron chi connectivity index (χ0n) is 8.91. The van der Waals surface area contributed by atoms with Gasteiger partial charge in [0.15, 0.2) is 0 Å². The molecule has 1 aromatic carbocycles. The predicted molar refractivity (Wildman–Crippen MR) is 54.9 cm³/mol. The van der Waals surface area contributed by atoms with E-state index in [-0.39, 0.29) is 4.90 Å². The van der Waals surface area contributed by atoms with E-state index in [4.69, 9.17) is 0 Å². The maximum Gasteiger partial charge on any atom is 0.297 e. The van der Waals surface area contributed by atoms with Crippen LogP contribution in [0.1, 0.15) is 12.5 Å². The zero-order valence-corrected chi connectivity index (χ0v) is 9.72. The molecule has 0 saturated carbocycles. The maximum absolute atomic E-state index is 12.4. The molecule has 3 nitrogen and oxygen atoms in total. The van der Waals surface area contributed by atoms with Gasteiger partial charge in [-0.05, 0) is 19.1 Å². The topological polar surface area (TPSA) is 43.4 Å². The molecule has 0 aliphatic carbocycles. The van der Waals surface area contributed by atoms with Crippen LogP contribution in [0.2, 0.25) is 0 Å². The lowest BCUT2D eigenvalue weighted by atomic mass is 10.2. The van der Waals surface area contributed by atoms with E-state index in [2.05, 4.69) is 4.18 Å². The summed E-state index contributed by atoms with van der Waals surface area (Å²) in [7, 11) is -4.09. The molecule has 0 amide bonds. The average molecular weight is 250 g/mol. The van der Waals surface area contributed by atoms with Gasteiger partial charge in [-0.25, -0.2) is 8.78 Å². The molecule has 0 radical (unpaired) electrons. The van der Waals surface area contributed by atoms with Crippen molar-refractivity contribution in [3.05, 3.63) is 29.8 Å². The van der Waals surface area contributed by atoms with Crippen LogP contribution in [0.3, 0.4) is 0 Å². The Morgan fingerprint density at radius 1 is 1.25 bits per heavy atom. The molecule has 0 aliphatic heterocycles. The standard InChI is InChI=1S/C10H12F2O3S/c1-8-3-5-9(6-4-8)16(13,14)15-7-10(2,11)12/h3-6H,7H2,1-2H3. The molecule has 0 fully saturated rings. The number of hydrogen-bond acceptors (Lipinski definition) is 3. The number of benzene rings is 1. The summed E-state index contributed by atoms with van der Waals surface area (Å²) in [5, 5.41) is 0. The largest absolute Gasteiger partial charge is 0.297 e. The van der Waals surface area contributed by atoms with Gasteiger partial charge in [0.1, 0.15) is 6.61 Å². The summed E-state index contributed by atoms with van der Waals surface area (Å²) >= 11 is 0. The van der Waals surface area contributed by atoms with Crippen molar-refractivity contribution in [2.75, 3.05) is 6.61 Å². The molecule has 0 heterocycles. The third-order valence-corrected chi connectivity index (χ3v) is 3.05. The van der Waals surface area contributed by atoms with Gasteiger partial charge in [0.25, 0.3) is 16.0 Å². The minimum Gasteiger partial charge on any atom is -0.260 e. The van der Waals surface area contributed by atoms with Gasteiger partial charge in [-0.15, -0.1) is 0 Å². The van der Waals surface area contributed by atoms with Crippen LogP contribution in [-0.2, 0) is 14.3 Å². The molecule has 1 aromatic rings. The van der Waals surface area contributed by atoms with Gasteiger partial charge in [0.05, 0.1) is 4.90 Å². The molecule has 16 heavy (non-hydrogen) atoms. The van der Waals surface area contributed by atoms with Crippen molar-refractivity contribution in [2.45, 2.75) is 24.7 Å². The Hall–Kier alpha value is -1.01. The van der Waals surface area contributed by atoms with Gasteiger partial charge in [-0.3, -0.25) is 4.18 Å². The summed E-state index contributed by atoms with van der Waals surface area (Å²) in [5.41, 5.74) is 0.875. The SMILES string of the molecule is Cc1ccc(S(=O)(=O)OCC(C)(F)F)cc1. The number of rotatable bonds is 4. The van der Waals surface area contributed by atoms with Gasteiger partial charge in [0, 0.05) is 6.92 Å². The van der Waals surface area contributed by atoms with Crippen molar-refractivity contribution in [3.8, 4) is 0 Å². The lowest BCUT2D eigenvalue weighted by Crippen LogP contribution is -2.21. The molecule has 0 bridgehead atoms. The van der Waals surface area contributed by atoms with Gasteiger partial charge < -0.3 is 0 Å². The lowest BCUT2D eigenvalue weighted by Gasteiger charge is -2.10. The van der Waals surface area contributed by atoms with Gasteiger partial charge >= 0.3 is 0 Å². The van der Waals surface area contributed by atoms with Gasteiger partial charge in [0.2, 0.25) is 0 Å². The van der Waals surface area contributed by atoms with E-state index in [0.29, 0.717) is 6.92 Å². The number of hydrogen-bond donors (Lipinski definition) is 0. The van der Waals surface area contributed by atoms with Crippen molar-refractivity contribution in [3.63, 3.8) is 0 Å². The van der Waals surface area contributed by atoms with Crippen molar-refractivity contribution in [2.24, 2.45) is 0 Å². The highest BCUT2D eigenvalue weighted by atomic mass is 32.2. The molecule has 0 N–H and O–H groups in total. The van der Waals surface area contributed by atoms with Crippen molar-refractivity contribution in [1.29, 1.82) is 0 Å². The average Bonchev–Trinajstić information content (AvgIpc) is 2.15. The van der Waals surface area contributed by atoms with Crippen LogP contribution in [0.15, 0.2) is 29.2 Å². The monoisotopic (exact) mass is 250 g/mol. The van der Waals surface area contributed by atoms with Gasteiger partial charge in [-0.1, -0.05) is 17.7 Å². The van der Waals surface area contributed by atoms with Crippen LogP contribution in [0, 0.1) is 6.92 Å².